The summed E-state index contributed by atoms with van der Waals surface area (Å²) in [6.07, 6.45) is 4.24. The lowest BCUT2D eigenvalue weighted by atomic mass is 9.62. The van der Waals surface area contributed by atoms with Gasteiger partial charge in [-0.05, 0) is 64.9 Å². The predicted molar refractivity (Wildman–Crippen MR) is 141 cm³/mol. The van der Waals surface area contributed by atoms with Crippen LogP contribution in [0.2, 0.25) is 0 Å². The molecule has 1 aliphatic carbocycles. The fourth-order valence-corrected chi connectivity index (χ4v) is 6.29. The van der Waals surface area contributed by atoms with Crippen molar-refractivity contribution < 1.29 is 48.0 Å². The zero-order chi connectivity index (χ0) is 29.6. The Bertz CT molecular complexity index is 1180. The van der Waals surface area contributed by atoms with Crippen LogP contribution < -0.4 is 0 Å². The van der Waals surface area contributed by atoms with E-state index in [1.807, 2.05) is 13.8 Å². The van der Waals surface area contributed by atoms with E-state index in [0.717, 1.165) is 5.56 Å². The number of carbonyl (C=O) groups excluding carboxylic acids is 3. The van der Waals surface area contributed by atoms with Crippen LogP contribution in [-0.4, -0.2) is 57.3 Å². The van der Waals surface area contributed by atoms with Crippen LogP contribution in [0.3, 0.4) is 0 Å². The number of carboxylic acid groups (broad SMARTS) is 1. The summed E-state index contributed by atoms with van der Waals surface area (Å²) in [4.78, 5) is 51.4. The maximum Gasteiger partial charge on any atom is 0.338 e. The number of carbonyl (C=O) groups is 4. The van der Waals surface area contributed by atoms with Crippen molar-refractivity contribution in [1.82, 2.24) is 0 Å². The fraction of sp³-hybridized carbons (Fsp3) is 0.667. The normalized spacial score (nSPS) is 33.8. The van der Waals surface area contributed by atoms with Crippen molar-refractivity contribution in [2.75, 3.05) is 0 Å². The van der Waals surface area contributed by atoms with Gasteiger partial charge in [-0.15, -0.1) is 0 Å². The molecule has 3 aliphatic rings. The summed E-state index contributed by atoms with van der Waals surface area (Å²) in [6, 6.07) is 1.75. The van der Waals surface area contributed by atoms with Crippen molar-refractivity contribution in [1.29, 1.82) is 0 Å². The van der Waals surface area contributed by atoms with Gasteiger partial charge in [-0.25, -0.2) is 9.59 Å². The van der Waals surface area contributed by atoms with Gasteiger partial charge in [0, 0.05) is 24.0 Å². The number of ketones is 1. The Morgan fingerprint density at radius 1 is 1.27 bits per heavy atom. The zero-order valence-corrected chi connectivity index (χ0v) is 24.0. The molecular formula is C30H40O10. The van der Waals surface area contributed by atoms with E-state index < -0.39 is 52.6 Å². The molecular weight excluding hydrogens is 520 g/mol. The molecule has 3 fully saturated rings. The van der Waals surface area contributed by atoms with E-state index in [0.29, 0.717) is 12.8 Å². The Labute approximate surface area is 234 Å². The molecule has 3 heterocycles. The molecule has 1 aromatic rings. The number of aliphatic hydroxyl groups is 1. The summed E-state index contributed by atoms with van der Waals surface area (Å²) in [7, 11) is 0. The van der Waals surface area contributed by atoms with Crippen molar-refractivity contribution in [2.24, 2.45) is 23.2 Å². The third-order valence-electron chi connectivity index (χ3n) is 9.82. The third-order valence-corrected chi connectivity index (χ3v) is 9.82. The highest BCUT2D eigenvalue weighted by Crippen LogP contribution is 2.59. The monoisotopic (exact) mass is 560 g/mol. The number of epoxide rings is 1. The minimum atomic E-state index is -2.04. The number of esters is 2. The first-order valence-electron chi connectivity index (χ1n) is 13.9. The second-order valence-corrected chi connectivity index (χ2v) is 12.2. The average Bonchev–Trinajstić information content (AvgIpc) is 3.23. The van der Waals surface area contributed by atoms with Crippen LogP contribution in [0.5, 0.6) is 0 Å². The van der Waals surface area contributed by atoms with Gasteiger partial charge in [0.25, 0.3) is 0 Å². The van der Waals surface area contributed by atoms with E-state index in [1.165, 1.54) is 25.5 Å². The number of aliphatic carboxylic acids is 1. The Morgan fingerprint density at radius 3 is 2.58 bits per heavy atom. The molecule has 10 heteroatoms. The van der Waals surface area contributed by atoms with E-state index >= 15 is 0 Å². The summed E-state index contributed by atoms with van der Waals surface area (Å²) in [5, 5.41) is 20.7. The highest BCUT2D eigenvalue weighted by atomic mass is 16.6. The zero-order valence-electron chi connectivity index (χ0n) is 24.0. The molecule has 1 aromatic heterocycles. The lowest BCUT2D eigenvalue weighted by molar-refractivity contribution is -0.187. The van der Waals surface area contributed by atoms with Gasteiger partial charge in [-0.2, -0.15) is 0 Å². The maximum absolute atomic E-state index is 13.6. The van der Waals surface area contributed by atoms with Gasteiger partial charge in [-0.1, -0.05) is 19.9 Å². The van der Waals surface area contributed by atoms with Crippen molar-refractivity contribution in [3.05, 3.63) is 35.8 Å². The number of ether oxygens (including phenoxy) is 3. The van der Waals surface area contributed by atoms with Crippen molar-refractivity contribution in [2.45, 2.75) is 103 Å². The largest absolute Gasteiger partial charge is 0.478 e. The number of Topliss-reactive ketones (excluding diaryl/α,β-unsaturated/α-hetero) is 1. The summed E-state index contributed by atoms with van der Waals surface area (Å²) in [5.74, 6) is -4.19. The van der Waals surface area contributed by atoms with E-state index in [1.54, 1.807) is 26.8 Å². The Balaban J connectivity index is 1.58. The number of allylic oxidation sites excluding steroid dienone is 1. The first-order chi connectivity index (χ1) is 18.7. The topological polar surface area (TPSA) is 153 Å². The lowest BCUT2D eigenvalue weighted by Gasteiger charge is -2.43. The van der Waals surface area contributed by atoms with Crippen molar-refractivity contribution in [3.8, 4) is 0 Å². The molecule has 0 spiro atoms. The van der Waals surface area contributed by atoms with Gasteiger partial charge in [0.1, 0.15) is 23.6 Å². The molecule has 40 heavy (non-hydrogen) atoms. The standard InChI is InChI=1S/C30H40O10/c1-7-18(25(32)33)13-17(3)29(5,36)27(35)39-24(28(4)22(31)8-9-23-30(28,6)40-23)12-16(2)20-14-21(38-26(20)34)19-10-11-37-15-19/h7,10-11,15-17,20-21,23-24,36H,8-9,12-14H2,1-6H3,(H,32,33)/b18-7-/t16-,17-,20-,21+,23-,24-,28-,29-,30-/m1/s1. The molecule has 4 rings (SSSR count). The van der Waals surface area contributed by atoms with Gasteiger partial charge in [0.05, 0.1) is 30.0 Å². The van der Waals surface area contributed by atoms with Crippen LogP contribution in [0.25, 0.3) is 0 Å². The van der Waals surface area contributed by atoms with Gasteiger partial charge >= 0.3 is 17.9 Å². The summed E-state index contributed by atoms with van der Waals surface area (Å²) in [5.41, 5.74) is -3.27. The van der Waals surface area contributed by atoms with E-state index in [9.17, 15) is 29.4 Å². The number of cyclic esters (lactones) is 1. The van der Waals surface area contributed by atoms with Crippen LogP contribution in [0.4, 0.5) is 0 Å². The number of furan rings is 1. The summed E-state index contributed by atoms with van der Waals surface area (Å²) in [6.45, 7) is 9.88. The average molecular weight is 561 g/mol. The Hall–Kier alpha value is -2.98. The minimum Gasteiger partial charge on any atom is -0.478 e. The molecule has 1 saturated carbocycles. The van der Waals surface area contributed by atoms with Crippen LogP contribution in [0.15, 0.2) is 34.7 Å². The van der Waals surface area contributed by atoms with E-state index in [-0.39, 0.29) is 48.6 Å². The highest BCUT2D eigenvalue weighted by Gasteiger charge is 2.72. The first kappa shape index (κ1) is 30.0. The lowest BCUT2D eigenvalue weighted by Crippen LogP contribution is -2.57. The van der Waals surface area contributed by atoms with Crippen LogP contribution in [0.1, 0.15) is 85.3 Å². The molecule has 10 nitrogen and oxygen atoms in total. The first-order valence-corrected chi connectivity index (χ1v) is 13.9. The maximum atomic E-state index is 13.6. The van der Waals surface area contributed by atoms with Crippen LogP contribution >= 0.6 is 0 Å². The van der Waals surface area contributed by atoms with Gasteiger partial charge in [0.15, 0.2) is 5.60 Å². The third kappa shape index (κ3) is 5.11. The summed E-state index contributed by atoms with van der Waals surface area (Å²) >= 11 is 0. The van der Waals surface area contributed by atoms with Crippen LogP contribution in [-0.2, 0) is 33.4 Å². The molecule has 0 aromatic carbocycles. The molecule has 0 radical (unpaired) electrons. The van der Waals surface area contributed by atoms with Crippen LogP contribution in [0, 0.1) is 23.2 Å². The number of carboxylic acids is 1. The molecule has 220 valence electrons. The Kier molecular flexibility index (Phi) is 8.08. The van der Waals surface area contributed by atoms with E-state index in [4.69, 9.17) is 18.6 Å². The predicted octanol–water partition coefficient (Wildman–Crippen LogP) is 4.16. The molecule has 0 amide bonds. The molecule has 2 N–H and O–H groups in total. The van der Waals surface area contributed by atoms with E-state index in [2.05, 4.69) is 0 Å². The second-order valence-electron chi connectivity index (χ2n) is 12.2. The van der Waals surface area contributed by atoms with Gasteiger partial charge in [-0.3, -0.25) is 9.59 Å². The smallest absolute Gasteiger partial charge is 0.338 e. The number of hydrogen-bond donors (Lipinski definition) is 2. The van der Waals surface area contributed by atoms with Crippen molar-refractivity contribution in [3.63, 3.8) is 0 Å². The minimum absolute atomic E-state index is 0.0581. The molecule has 0 bridgehead atoms. The quantitative estimate of drug-likeness (QED) is 0.229. The number of rotatable bonds is 11. The number of hydrogen-bond acceptors (Lipinski definition) is 9. The Morgan fingerprint density at radius 2 is 1.98 bits per heavy atom. The highest BCUT2D eigenvalue weighted by molar-refractivity contribution is 5.90. The molecule has 2 saturated heterocycles. The van der Waals surface area contributed by atoms with Gasteiger partial charge in [0.2, 0.25) is 0 Å². The fourth-order valence-electron chi connectivity index (χ4n) is 6.29. The SMILES string of the molecule is C/C=C(/C[C@@H](C)[C@@](C)(O)C(=O)O[C@H](C[C@@H](C)[C@H]1C[C@@H](c2ccoc2)OC1=O)[C@@]1(C)C(=O)CC[C@H]2O[C@]21C)C(=O)O. The second kappa shape index (κ2) is 10.8. The molecule has 2 aliphatic heterocycles. The number of fused-ring (bicyclic) bond motifs is 1. The van der Waals surface area contributed by atoms with Crippen molar-refractivity contribution >= 4 is 23.7 Å². The van der Waals surface area contributed by atoms with Gasteiger partial charge < -0.3 is 28.8 Å². The molecule has 9 atom stereocenters. The summed E-state index contributed by atoms with van der Waals surface area (Å²) < 4.78 is 22.8. The molecule has 0 unspecified atom stereocenters.